The van der Waals surface area contributed by atoms with E-state index in [2.05, 4.69) is 31.3 Å². The predicted octanol–water partition coefficient (Wildman–Crippen LogP) is 1.97. The fourth-order valence-corrected chi connectivity index (χ4v) is 2.37. The Bertz CT molecular complexity index is 544. The van der Waals surface area contributed by atoms with Gasteiger partial charge >= 0.3 is 7.12 Å². The molecular formula is C17H22BNO3. The zero-order chi connectivity index (χ0) is 15.4. The van der Waals surface area contributed by atoms with Crippen LogP contribution in [0.1, 0.15) is 19.4 Å². The Morgan fingerprint density at radius 1 is 1.18 bits per heavy atom. The van der Waals surface area contributed by atoms with Crippen LogP contribution in [-0.2, 0) is 20.7 Å². The summed E-state index contributed by atoms with van der Waals surface area (Å²) in [5, 5.41) is 3.13. The fraction of sp³-hybridized carbons (Fsp3) is 0.412. The smallest absolute Gasteiger partial charge is 0.407 e. The van der Waals surface area contributed by atoms with E-state index in [1.165, 1.54) is 0 Å². The van der Waals surface area contributed by atoms with E-state index in [1.807, 2.05) is 36.6 Å². The first-order valence-corrected chi connectivity index (χ1v) is 7.65. The monoisotopic (exact) mass is 299 g/mol. The minimum atomic E-state index is -0.254. The topological polar surface area (TPSA) is 39.7 Å². The second-order valence-corrected chi connectivity index (χ2v) is 6.50. The summed E-state index contributed by atoms with van der Waals surface area (Å²) >= 11 is 0. The van der Waals surface area contributed by atoms with Gasteiger partial charge in [-0.15, -0.1) is 0 Å². The minimum absolute atomic E-state index is 0.0584. The van der Waals surface area contributed by atoms with Gasteiger partial charge in [0, 0.05) is 18.6 Å². The quantitative estimate of drug-likeness (QED) is 0.863. The van der Waals surface area contributed by atoms with Crippen LogP contribution >= 0.6 is 0 Å². The van der Waals surface area contributed by atoms with Crippen LogP contribution in [0.15, 0.2) is 48.7 Å². The largest absolute Gasteiger partial charge is 0.493 e. The molecule has 0 spiro atoms. The van der Waals surface area contributed by atoms with Crippen molar-refractivity contribution in [1.29, 1.82) is 0 Å². The van der Waals surface area contributed by atoms with Crippen LogP contribution in [0.5, 0.6) is 0 Å². The number of hydrogen-bond donors (Lipinski definition) is 1. The van der Waals surface area contributed by atoms with Gasteiger partial charge in [0.15, 0.2) is 0 Å². The van der Waals surface area contributed by atoms with E-state index >= 15 is 0 Å². The summed E-state index contributed by atoms with van der Waals surface area (Å²) in [6, 6.07) is 8.21. The molecule has 0 radical (unpaired) electrons. The maximum absolute atomic E-state index is 5.79. The maximum atomic E-state index is 5.79. The van der Waals surface area contributed by atoms with Gasteiger partial charge in [0.1, 0.15) is 6.23 Å². The van der Waals surface area contributed by atoms with Crippen molar-refractivity contribution in [1.82, 2.24) is 5.32 Å². The molecule has 0 bridgehead atoms. The number of nitrogens with one attached hydrogen (secondary N) is 1. The number of benzene rings is 1. The van der Waals surface area contributed by atoms with Crippen LogP contribution in [0.4, 0.5) is 0 Å². The summed E-state index contributed by atoms with van der Waals surface area (Å²) in [5.41, 5.74) is 2.28. The van der Waals surface area contributed by atoms with Crippen molar-refractivity contribution < 1.29 is 14.0 Å². The van der Waals surface area contributed by atoms with Crippen molar-refractivity contribution in [2.24, 2.45) is 5.41 Å². The van der Waals surface area contributed by atoms with Gasteiger partial charge in [0.25, 0.3) is 0 Å². The Morgan fingerprint density at radius 2 is 1.91 bits per heavy atom. The Kier molecular flexibility index (Phi) is 4.67. The zero-order valence-electron chi connectivity index (χ0n) is 13.1. The molecule has 1 N–H and O–H groups in total. The molecule has 0 aliphatic carbocycles. The highest BCUT2D eigenvalue weighted by molar-refractivity contribution is 6.61. The standard InChI is InChI=1S/C17H22BNO3/c1-17(2)12-21-18(22-13-17)15-8-6-14(7-9-15)11-20-16-5-3-4-10-19-16/h3-10,16,19H,11-13H2,1-2H3. The lowest BCUT2D eigenvalue weighted by atomic mass is 9.76. The molecule has 0 aromatic heterocycles. The highest BCUT2D eigenvalue weighted by Crippen LogP contribution is 2.21. The normalized spacial score (nSPS) is 23.4. The number of dihydropyridines is 1. The van der Waals surface area contributed by atoms with Crippen molar-refractivity contribution in [3.8, 4) is 0 Å². The molecule has 1 unspecified atom stereocenters. The van der Waals surface area contributed by atoms with Gasteiger partial charge in [0.2, 0.25) is 0 Å². The summed E-state index contributed by atoms with van der Waals surface area (Å²) in [6.45, 7) is 6.29. The molecule has 1 fully saturated rings. The molecule has 5 heteroatoms. The van der Waals surface area contributed by atoms with Gasteiger partial charge in [-0.1, -0.05) is 44.2 Å². The molecule has 116 valence electrons. The lowest BCUT2D eigenvalue weighted by Gasteiger charge is -2.33. The molecule has 22 heavy (non-hydrogen) atoms. The number of allylic oxidation sites excluding steroid dienone is 2. The van der Waals surface area contributed by atoms with Crippen LogP contribution in [0.25, 0.3) is 0 Å². The lowest BCUT2D eigenvalue weighted by molar-refractivity contribution is 0.0343. The van der Waals surface area contributed by atoms with E-state index in [9.17, 15) is 0 Å². The summed E-state index contributed by atoms with van der Waals surface area (Å²) in [7, 11) is -0.254. The molecule has 1 aromatic rings. The molecule has 1 atom stereocenters. The third-order valence-corrected chi connectivity index (χ3v) is 3.69. The van der Waals surface area contributed by atoms with Gasteiger partial charge < -0.3 is 19.4 Å². The van der Waals surface area contributed by atoms with Gasteiger partial charge in [-0.2, -0.15) is 0 Å². The van der Waals surface area contributed by atoms with Gasteiger partial charge in [-0.25, -0.2) is 0 Å². The van der Waals surface area contributed by atoms with Crippen LogP contribution in [0.3, 0.4) is 0 Å². The Morgan fingerprint density at radius 3 is 2.55 bits per heavy atom. The number of rotatable bonds is 4. The van der Waals surface area contributed by atoms with E-state index in [-0.39, 0.29) is 18.8 Å². The Labute approximate surface area is 132 Å². The van der Waals surface area contributed by atoms with E-state index in [1.54, 1.807) is 0 Å². The minimum Gasteiger partial charge on any atom is -0.407 e. The van der Waals surface area contributed by atoms with Crippen molar-refractivity contribution in [2.75, 3.05) is 13.2 Å². The average molecular weight is 299 g/mol. The first-order chi connectivity index (χ1) is 10.6. The summed E-state index contributed by atoms with van der Waals surface area (Å²) in [4.78, 5) is 0. The molecule has 0 amide bonds. The van der Waals surface area contributed by atoms with Crippen LogP contribution in [0.2, 0.25) is 0 Å². The second-order valence-electron chi connectivity index (χ2n) is 6.50. The average Bonchev–Trinajstić information content (AvgIpc) is 2.55. The van der Waals surface area contributed by atoms with E-state index in [4.69, 9.17) is 14.0 Å². The van der Waals surface area contributed by atoms with E-state index in [0.717, 1.165) is 24.2 Å². The lowest BCUT2D eigenvalue weighted by Crippen LogP contribution is -2.47. The third kappa shape index (κ3) is 4.00. The van der Waals surface area contributed by atoms with Crippen LogP contribution in [-0.4, -0.2) is 26.6 Å². The summed E-state index contributed by atoms with van der Waals surface area (Å²) in [5.74, 6) is 0. The molecular weight excluding hydrogens is 277 g/mol. The zero-order valence-corrected chi connectivity index (χ0v) is 13.1. The molecule has 2 heterocycles. The van der Waals surface area contributed by atoms with Gasteiger partial charge in [0.05, 0.1) is 6.61 Å². The van der Waals surface area contributed by atoms with Crippen LogP contribution in [0, 0.1) is 5.41 Å². The summed E-state index contributed by atoms with van der Waals surface area (Å²) in [6.07, 6.45) is 7.73. The van der Waals surface area contributed by atoms with Gasteiger partial charge in [-0.3, -0.25) is 0 Å². The van der Waals surface area contributed by atoms with Crippen molar-refractivity contribution in [3.63, 3.8) is 0 Å². The number of ether oxygens (including phenoxy) is 1. The fourth-order valence-electron chi connectivity index (χ4n) is 2.37. The molecule has 0 saturated carbocycles. The third-order valence-electron chi connectivity index (χ3n) is 3.69. The van der Waals surface area contributed by atoms with Crippen molar-refractivity contribution >= 4 is 12.6 Å². The Hall–Kier alpha value is -1.56. The number of hydrogen-bond acceptors (Lipinski definition) is 4. The molecule has 2 aliphatic heterocycles. The second kappa shape index (κ2) is 6.69. The Balaban J connectivity index is 1.52. The van der Waals surface area contributed by atoms with Crippen molar-refractivity contribution in [2.45, 2.75) is 26.7 Å². The molecule has 1 saturated heterocycles. The maximum Gasteiger partial charge on any atom is 0.493 e. The van der Waals surface area contributed by atoms with Crippen LogP contribution < -0.4 is 10.8 Å². The first kappa shape index (κ1) is 15.3. The molecule has 2 aliphatic rings. The summed E-state index contributed by atoms with van der Waals surface area (Å²) < 4.78 is 17.4. The predicted molar refractivity (Wildman–Crippen MR) is 87.5 cm³/mol. The van der Waals surface area contributed by atoms with E-state index < -0.39 is 0 Å². The highest BCUT2D eigenvalue weighted by Gasteiger charge is 2.33. The van der Waals surface area contributed by atoms with Crippen molar-refractivity contribution in [3.05, 3.63) is 54.3 Å². The van der Waals surface area contributed by atoms with E-state index in [0.29, 0.717) is 6.61 Å². The first-order valence-electron chi connectivity index (χ1n) is 7.65. The van der Waals surface area contributed by atoms with Gasteiger partial charge in [-0.05, 0) is 29.4 Å². The molecule has 3 rings (SSSR count). The molecule has 4 nitrogen and oxygen atoms in total. The highest BCUT2D eigenvalue weighted by atomic mass is 16.6. The SMILES string of the molecule is CC1(C)COB(c2ccc(COC3C=CC=CN3)cc2)OC1. The molecule has 1 aromatic carbocycles.